The standard InChI is InChI=1S/C22H13ClN4O2S/c23-15-8-4-7-14(11-15)18-10-9-16(29-18)12-17-19(24)27-22(25-20(17)28)30-21(26-27)13-5-2-1-3-6-13/h1-12,24H/b17-12-,24-19?. The Kier molecular flexibility index (Phi) is 4.61. The van der Waals surface area contributed by atoms with Crippen molar-refractivity contribution in [1.82, 2.24) is 5.01 Å². The maximum Gasteiger partial charge on any atom is 0.283 e. The Hall–Kier alpha value is -3.42. The number of carbonyl (C=O) groups excluding carboxylic acids is 1. The summed E-state index contributed by atoms with van der Waals surface area (Å²) < 4.78 is 5.83. The number of carbonyl (C=O) groups is 1. The summed E-state index contributed by atoms with van der Waals surface area (Å²) in [6.07, 6.45) is 1.51. The van der Waals surface area contributed by atoms with E-state index in [1.54, 1.807) is 24.3 Å². The monoisotopic (exact) mass is 432 g/mol. The number of fused-ring (bicyclic) bond motifs is 1. The molecular formula is C22H13ClN4O2S. The molecule has 2 aliphatic rings. The second-order valence-corrected chi connectivity index (χ2v) is 7.90. The fraction of sp³-hybridized carbons (Fsp3) is 0. The number of thioether (sulfide) groups is 1. The molecule has 3 heterocycles. The first kappa shape index (κ1) is 18.6. The van der Waals surface area contributed by atoms with Gasteiger partial charge < -0.3 is 4.42 Å². The molecule has 3 aromatic rings. The predicted molar refractivity (Wildman–Crippen MR) is 120 cm³/mol. The first-order chi connectivity index (χ1) is 14.6. The van der Waals surface area contributed by atoms with Gasteiger partial charge in [-0.3, -0.25) is 10.2 Å². The third-order valence-corrected chi connectivity index (χ3v) is 5.69. The van der Waals surface area contributed by atoms with E-state index < -0.39 is 5.91 Å². The molecule has 30 heavy (non-hydrogen) atoms. The summed E-state index contributed by atoms with van der Waals surface area (Å²) in [5.74, 6) is 0.522. The number of amides is 1. The van der Waals surface area contributed by atoms with Gasteiger partial charge in [0.25, 0.3) is 5.91 Å². The molecule has 0 saturated heterocycles. The van der Waals surface area contributed by atoms with Gasteiger partial charge in [-0.15, -0.1) is 0 Å². The molecule has 0 atom stereocenters. The van der Waals surface area contributed by atoms with Gasteiger partial charge in [0.05, 0.1) is 5.57 Å². The lowest BCUT2D eigenvalue weighted by molar-refractivity contribution is -0.114. The predicted octanol–water partition coefficient (Wildman–Crippen LogP) is 5.27. The van der Waals surface area contributed by atoms with Gasteiger partial charge in [-0.05, 0) is 42.1 Å². The Bertz CT molecular complexity index is 1280. The summed E-state index contributed by atoms with van der Waals surface area (Å²) in [7, 11) is 0. The average Bonchev–Trinajstić information content (AvgIpc) is 3.39. The summed E-state index contributed by atoms with van der Waals surface area (Å²) in [6, 6.07) is 20.4. The van der Waals surface area contributed by atoms with E-state index in [2.05, 4.69) is 10.1 Å². The minimum absolute atomic E-state index is 0.0378. The molecule has 0 aliphatic carbocycles. The van der Waals surface area contributed by atoms with Crippen LogP contribution in [0.2, 0.25) is 5.02 Å². The molecule has 8 heteroatoms. The average molecular weight is 433 g/mol. The maximum atomic E-state index is 12.6. The fourth-order valence-electron chi connectivity index (χ4n) is 3.06. The number of halogens is 1. The number of hydrazone groups is 1. The molecule has 1 aromatic heterocycles. The number of aliphatic imine (C=N–C) groups is 1. The normalized spacial score (nSPS) is 17.2. The topological polar surface area (TPSA) is 82.0 Å². The Labute approximate surface area is 181 Å². The number of hydrogen-bond acceptors (Lipinski definition) is 5. The SMILES string of the molecule is N=C1/C(=C/c2ccc(-c3cccc(Cl)c3)o2)C(=O)N=C2SC(c3ccccc3)=NN12. The molecule has 6 nitrogen and oxygen atoms in total. The van der Waals surface area contributed by atoms with Crippen LogP contribution in [0.15, 0.2) is 86.8 Å². The van der Waals surface area contributed by atoms with Crippen molar-refractivity contribution in [1.29, 1.82) is 5.41 Å². The lowest BCUT2D eigenvalue weighted by atomic mass is 10.1. The first-order valence-electron chi connectivity index (χ1n) is 9.00. The molecule has 146 valence electrons. The summed E-state index contributed by atoms with van der Waals surface area (Å²) in [5, 5.41) is 16.0. The minimum atomic E-state index is -0.496. The van der Waals surface area contributed by atoms with Crippen LogP contribution < -0.4 is 0 Å². The van der Waals surface area contributed by atoms with Gasteiger partial charge in [0.15, 0.2) is 5.84 Å². The molecule has 2 aromatic carbocycles. The van der Waals surface area contributed by atoms with Crippen LogP contribution in [0, 0.1) is 5.41 Å². The van der Waals surface area contributed by atoms with E-state index in [9.17, 15) is 4.79 Å². The summed E-state index contributed by atoms with van der Waals surface area (Å²) >= 11 is 7.31. The highest BCUT2D eigenvalue weighted by atomic mass is 35.5. The highest BCUT2D eigenvalue weighted by molar-refractivity contribution is 8.27. The largest absolute Gasteiger partial charge is 0.457 e. The zero-order valence-electron chi connectivity index (χ0n) is 15.4. The Morgan fingerprint density at radius 2 is 1.83 bits per heavy atom. The van der Waals surface area contributed by atoms with Gasteiger partial charge in [0, 0.05) is 16.1 Å². The highest BCUT2D eigenvalue weighted by Gasteiger charge is 2.36. The second kappa shape index (κ2) is 7.44. The third kappa shape index (κ3) is 3.38. The van der Waals surface area contributed by atoms with Crippen molar-refractivity contribution >= 4 is 51.4 Å². The van der Waals surface area contributed by atoms with Crippen molar-refractivity contribution in [3.05, 3.63) is 88.6 Å². The zero-order chi connectivity index (χ0) is 20.7. The van der Waals surface area contributed by atoms with Crippen LogP contribution >= 0.6 is 23.4 Å². The quantitative estimate of drug-likeness (QED) is 0.572. The number of benzene rings is 2. The van der Waals surface area contributed by atoms with Gasteiger partial charge in [-0.1, -0.05) is 54.1 Å². The number of nitrogens with one attached hydrogen (secondary N) is 1. The molecule has 0 radical (unpaired) electrons. The van der Waals surface area contributed by atoms with Crippen LogP contribution in [0.3, 0.4) is 0 Å². The van der Waals surface area contributed by atoms with Gasteiger partial charge in [-0.2, -0.15) is 15.1 Å². The molecule has 5 rings (SSSR count). The summed E-state index contributed by atoms with van der Waals surface area (Å²) in [4.78, 5) is 16.7. The Morgan fingerprint density at radius 1 is 1.03 bits per heavy atom. The van der Waals surface area contributed by atoms with Crippen molar-refractivity contribution < 1.29 is 9.21 Å². The molecule has 1 N–H and O–H groups in total. The zero-order valence-corrected chi connectivity index (χ0v) is 16.9. The van der Waals surface area contributed by atoms with Gasteiger partial charge in [0.1, 0.15) is 16.6 Å². The van der Waals surface area contributed by atoms with Crippen molar-refractivity contribution in [2.75, 3.05) is 0 Å². The van der Waals surface area contributed by atoms with E-state index >= 15 is 0 Å². The van der Waals surface area contributed by atoms with E-state index in [0.717, 1.165) is 11.1 Å². The molecule has 0 saturated carbocycles. The van der Waals surface area contributed by atoms with E-state index in [-0.39, 0.29) is 11.4 Å². The number of nitrogens with zero attached hydrogens (tertiary/aromatic N) is 3. The molecule has 2 aliphatic heterocycles. The number of furan rings is 1. The van der Waals surface area contributed by atoms with E-state index in [1.807, 2.05) is 42.5 Å². The lowest BCUT2D eigenvalue weighted by Crippen LogP contribution is -2.35. The van der Waals surface area contributed by atoms with Crippen LogP contribution in [0.4, 0.5) is 0 Å². The minimum Gasteiger partial charge on any atom is -0.457 e. The van der Waals surface area contributed by atoms with Crippen molar-refractivity contribution in [2.45, 2.75) is 0 Å². The lowest BCUT2D eigenvalue weighted by Gasteiger charge is -2.19. The number of rotatable bonds is 3. The smallest absolute Gasteiger partial charge is 0.283 e. The van der Waals surface area contributed by atoms with Crippen molar-refractivity contribution in [3.63, 3.8) is 0 Å². The highest BCUT2D eigenvalue weighted by Crippen LogP contribution is 2.31. The van der Waals surface area contributed by atoms with Crippen LogP contribution in [0.1, 0.15) is 11.3 Å². The molecule has 1 amide bonds. The maximum absolute atomic E-state index is 12.6. The Balaban J connectivity index is 1.45. The molecule has 0 bridgehead atoms. The van der Waals surface area contributed by atoms with Crippen LogP contribution in [-0.4, -0.2) is 27.0 Å². The third-order valence-electron chi connectivity index (χ3n) is 4.50. The van der Waals surface area contributed by atoms with Crippen LogP contribution in [0.5, 0.6) is 0 Å². The Morgan fingerprint density at radius 3 is 2.63 bits per heavy atom. The first-order valence-corrected chi connectivity index (χ1v) is 10.2. The van der Waals surface area contributed by atoms with E-state index in [1.165, 1.54) is 22.8 Å². The number of hydrogen-bond donors (Lipinski definition) is 1. The molecule has 0 fully saturated rings. The van der Waals surface area contributed by atoms with Gasteiger partial charge >= 0.3 is 0 Å². The summed E-state index contributed by atoms with van der Waals surface area (Å²) in [5.41, 5.74) is 1.84. The number of amidine groups is 2. The fourth-order valence-corrected chi connectivity index (χ4v) is 4.15. The van der Waals surface area contributed by atoms with Crippen LogP contribution in [-0.2, 0) is 4.79 Å². The second-order valence-electron chi connectivity index (χ2n) is 6.50. The van der Waals surface area contributed by atoms with E-state index in [4.69, 9.17) is 21.4 Å². The van der Waals surface area contributed by atoms with Crippen LogP contribution in [0.25, 0.3) is 17.4 Å². The summed E-state index contributed by atoms with van der Waals surface area (Å²) in [6.45, 7) is 0. The van der Waals surface area contributed by atoms with Crippen molar-refractivity contribution in [3.8, 4) is 11.3 Å². The molecule has 0 unspecified atom stereocenters. The van der Waals surface area contributed by atoms with Gasteiger partial charge in [-0.25, -0.2) is 0 Å². The molecular weight excluding hydrogens is 420 g/mol. The van der Waals surface area contributed by atoms with Crippen molar-refractivity contribution in [2.24, 2.45) is 10.1 Å². The molecule has 0 spiro atoms. The van der Waals surface area contributed by atoms with Gasteiger partial charge in [0.2, 0.25) is 5.17 Å². The van der Waals surface area contributed by atoms with E-state index in [0.29, 0.717) is 26.8 Å².